The van der Waals surface area contributed by atoms with Crippen LogP contribution in [-0.2, 0) is 22.9 Å². The van der Waals surface area contributed by atoms with E-state index in [4.69, 9.17) is 0 Å². The van der Waals surface area contributed by atoms with Gasteiger partial charge in [0.1, 0.15) is 0 Å². The molecule has 0 heterocycles. The van der Waals surface area contributed by atoms with E-state index in [9.17, 15) is 18.3 Å². The quantitative estimate of drug-likeness (QED) is 0.808. The summed E-state index contributed by atoms with van der Waals surface area (Å²) in [6.07, 6.45) is 0.832. The molecule has 126 valence electrons. The summed E-state index contributed by atoms with van der Waals surface area (Å²) in [5.74, 6) is -0.197. The van der Waals surface area contributed by atoms with E-state index in [1.165, 1.54) is 25.1 Å². The molecule has 0 bridgehead atoms. The highest BCUT2D eigenvalue weighted by Gasteiger charge is 2.36. The lowest BCUT2D eigenvalue weighted by molar-refractivity contribution is 0.0567. The summed E-state index contributed by atoms with van der Waals surface area (Å²) >= 11 is 0. The number of rotatable bonds is 5. The molecule has 2 N–H and O–H groups in total. The molecule has 0 atom stereocenters. The standard InChI is InChI=1S/C18H19NO4S/c1-13(20)14-7-4-8-17(9-14)24(22,23)19-12-18(21)10-15-5-2-3-6-16(15)11-18/h2-9,19,21H,10-12H2,1H3. The van der Waals surface area contributed by atoms with Gasteiger partial charge in [0.25, 0.3) is 0 Å². The predicted molar refractivity (Wildman–Crippen MR) is 90.4 cm³/mol. The zero-order valence-corrected chi connectivity index (χ0v) is 14.1. The zero-order valence-electron chi connectivity index (χ0n) is 13.3. The second kappa shape index (κ2) is 6.12. The molecule has 0 amide bonds. The van der Waals surface area contributed by atoms with Gasteiger partial charge in [0, 0.05) is 24.9 Å². The van der Waals surface area contributed by atoms with Gasteiger partial charge < -0.3 is 5.11 Å². The van der Waals surface area contributed by atoms with Crippen molar-refractivity contribution in [3.8, 4) is 0 Å². The summed E-state index contributed by atoms with van der Waals surface area (Å²) in [7, 11) is -3.79. The fourth-order valence-corrected chi connectivity index (χ4v) is 4.16. The van der Waals surface area contributed by atoms with Crippen LogP contribution < -0.4 is 4.72 Å². The number of Topliss-reactive ketones (excluding diaryl/α,β-unsaturated/α-hetero) is 1. The molecule has 6 heteroatoms. The van der Waals surface area contributed by atoms with E-state index in [1.54, 1.807) is 6.07 Å². The molecular weight excluding hydrogens is 326 g/mol. The molecule has 1 aliphatic carbocycles. The van der Waals surface area contributed by atoms with Gasteiger partial charge in [-0.05, 0) is 30.2 Å². The maximum atomic E-state index is 12.4. The largest absolute Gasteiger partial charge is 0.388 e. The summed E-state index contributed by atoms with van der Waals surface area (Å²) in [4.78, 5) is 11.4. The molecule has 2 aromatic carbocycles. The van der Waals surface area contributed by atoms with Crippen LogP contribution in [0, 0.1) is 0 Å². The van der Waals surface area contributed by atoms with Crippen LogP contribution in [0.5, 0.6) is 0 Å². The van der Waals surface area contributed by atoms with Crippen molar-refractivity contribution in [3.05, 3.63) is 65.2 Å². The third kappa shape index (κ3) is 3.40. The van der Waals surface area contributed by atoms with Crippen LogP contribution in [0.15, 0.2) is 53.4 Å². The lowest BCUT2D eigenvalue weighted by Crippen LogP contribution is -2.43. The molecule has 0 fully saturated rings. The van der Waals surface area contributed by atoms with Crippen molar-refractivity contribution in [3.63, 3.8) is 0 Å². The fraction of sp³-hybridized carbons (Fsp3) is 0.278. The number of ketones is 1. The molecule has 0 spiro atoms. The Balaban J connectivity index is 1.75. The van der Waals surface area contributed by atoms with Gasteiger partial charge in [-0.2, -0.15) is 0 Å². The highest BCUT2D eigenvalue weighted by molar-refractivity contribution is 7.89. The third-order valence-corrected chi connectivity index (χ3v) is 5.70. The normalized spacial score (nSPS) is 15.9. The highest BCUT2D eigenvalue weighted by Crippen LogP contribution is 2.29. The van der Waals surface area contributed by atoms with Crippen molar-refractivity contribution in [1.82, 2.24) is 4.72 Å². The van der Waals surface area contributed by atoms with Gasteiger partial charge in [-0.25, -0.2) is 13.1 Å². The van der Waals surface area contributed by atoms with Gasteiger partial charge in [-0.3, -0.25) is 4.79 Å². The molecule has 0 radical (unpaired) electrons. The lowest BCUT2D eigenvalue weighted by Gasteiger charge is -2.22. The minimum atomic E-state index is -3.79. The Bertz CT molecular complexity index is 864. The van der Waals surface area contributed by atoms with Crippen LogP contribution in [0.1, 0.15) is 28.4 Å². The molecule has 24 heavy (non-hydrogen) atoms. The van der Waals surface area contributed by atoms with Crippen molar-refractivity contribution in [1.29, 1.82) is 0 Å². The monoisotopic (exact) mass is 345 g/mol. The molecule has 5 nitrogen and oxygen atoms in total. The first-order valence-corrected chi connectivity index (χ1v) is 9.17. The van der Waals surface area contributed by atoms with E-state index < -0.39 is 15.6 Å². The number of hydrogen-bond acceptors (Lipinski definition) is 4. The summed E-state index contributed by atoms with van der Waals surface area (Å²) < 4.78 is 27.4. The van der Waals surface area contributed by atoms with Crippen molar-refractivity contribution >= 4 is 15.8 Å². The first-order valence-electron chi connectivity index (χ1n) is 7.69. The Labute approximate surface area is 141 Å². The van der Waals surface area contributed by atoms with E-state index in [1.807, 2.05) is 24.3 Å². The second-order valence-electron chi connectivity index (χ2n) is 6.26. The molecule has 0 aliphatic heterocycles. The molecular formula is C18H19NO4S. The molecule has 0 aromatic heterocycles. The van der Waals surface area contributed by atoms with E-state index in [0.717, 1.165) is 11.1 Å². The summed E-state index contributed by atoms with van der Waals surface area (Å²) in [6, 6.07) is 13.6. The average molecular weight is 345 g/mol. The maximum absolute atomic E-state index is 12.4. The topological polar surface area (TPSA) is 83.5 Å². The number of benzene rings is 2. The van der Waals surface area contributed by atoms with Crippen LogP contribution in [0.3, 0.4) is 0 Å². The minimum absolute atomic E-state index is 0.0225. The Hall–Kier alpha value is -2.02. The fourth-order valence-electron chi connectivity index (χ4n) is 2.99. The van der Waals surface area contributed by atoms with Gasteiger partial charge in [-0.15, -0.1) is 0 Å². The van der Waals surface area contributed by atoms with Crippen LogP contribution >= 0.6 is 0 Å². The smallest absolute Gasteiger partial charge is 0.240 e. The number of fused-ring (bicyclic) bond motifs is 1. The van der Waals surface area contributed by atoms with Gasteiger partial charge in [0.05, 0.1) is 10.5 Å². The van der Waals surface area contributed by atoms with Crippen molar-refractivity contribution in [2.24, 2.45) is 0 Å². The Kier molecular flexibility index (Phi) is 4.29. The average Bonchev–Trinajstić information content (AvgIpc) is 2.90. The molecule has 0 unspecified atom stereocenters. The van der Waals surface area contributed by atoms with E-state index >= 15 is 0 Å². The van der Waals surface area contributed by atoms with Crippen molar-refractivity contribution in [2.45, 2.75) is 30.3 Å². The zero-order chi connectivity index (χ0) is 17.4. The summed E-state index contributed by atoms with van der Waals surface area (Å²) in [5.41, 5.74) is 1.29. The predicted octanol–water partition coefficient (Wildman–Crippen LogP) is 1.70. The molecule has 2 aromatic rings. The number of hydrogen-bond donors (Lipinski definition) is 2. The van der Waals surface area contributed by atoms with Gasteiger partial charge in [0.2, 0.25) is 10.0 Å². The highest BCUT2D eigenvalue weighted by atomic mass is 32.2. The summed E-state index contributed by atoms with van der Waals surface area (Å²) in [6.45, 7) is 1.31. The van der Waals surface area contributed by atoms with E-state index in [0.29, 0.717) is 18.4 Å². The van der Waals surface area contributed by atoms with Crippen LogP contribution in [0.25, 0.3) is 0 Å². The Morgan fingerprint density at radius 3 is 2.33 bits per heavy atom. The van der Waals surface area contributed by atoms with E-state index in [-0.39, 0.29) is 17.2 Å². The van der Waals surface area contributed by atoms with E-state index in [2.05, 4.69) is 4.72 Å². The third-order valence-electron chi connectivity index (χ3n) is 4.30. The molecule has 0 saturated heterocycles. The molecule has 0 saturated carbocycles. The SMILES string of the molecule is CC(=O)c1cccc(S(=O)(=O)NCC2(O)Cc3ccccc3C2)c1. The Morgan fingerprint density at radius 2 is 1.75 bits per heavy atom. The van der Waals surface area contributed by atoms with Crippen molar-refractivity contribution < 1.29 is 18.3 Å². The Morgan fingerprint density at radius 1 is 1.12 bits per heavy atom. The number of aliphatic hydroxyl groups is 1. The number of sulfonamides is 1. The number of carbonyl (C=O) groups excluding carboxylic acids is 1. The van der Waals surface area contributed by atoms with Gasteiger partial charge in [0.15, 0.2) is 5.78 Å². The van der Waals surface area contributed by atoms with Crippen LogP contribution in [0.4, 0.5) is 0 Å². The number of carbonyl (C=O) groups is 1. The lowest BCUT2D eigenvalue weighted by atomic mass is 10.0. The van der Waals surface area contributed by atoms with Gasteiger partial charge in [-0.1, -0.05) is 36.4 Å². The minimum Gasteiger partial charge on any atom is -0.388 e. The van der Waals surface area contributed by atoms with Gasteiger partial charge >= 0.3 is 0 Å². The molecule has 1 aliphatic rings. The summed E-state index contributed by atoms with van der Waals surface area (Å²) in [5, 5.41) is 10.7. The number of nitrogens with one attached hydrogen (secondary N) is 1. The van der Waals surface area contributed by atoms with Crippen LogP contribution in [0.2, 0.25) is 0 Å². The van der Waals surface area contributed by atoms with Crippen LogP contribution in [-0.4, -0.2) is 31.5 Å². The maximum Gasteiger partial charge on any atom is 0.240 e. The first-order chi connectivity index (χ1) is 11.3. The van der Waals surface area contributed by atoms with Crippen molar-refractivity contribution in [2.75, 3.05) is 6.54 Å². The second-order valence-corrected chi connectivity index (χ2v) is 8.02. The first kappa shape index (κ1) is 16.8. The molecule has 3 rings (SSSR count).